The zero-order chi connectivity index (χ0) is 15.2. The van der Waals surface area contributed by atoms with E-state index < -0.39 is 0 Å². The Morgan fingerprint density at radius 2 is 1.75 bits per heavy atom. The SMILES string of the molecule is CCNC(Cc1ccc(OC)c(OC)c1)C(C)(C)CC. The van der Waals surface area contributed by atoms with Crippen molar-refractivity contribution in [2.75, 3.05) is 20.8 Å². The Kier molecular flexibility index (Phi) is 6.34. The van der Waals surface area contributed by atoms with E-state index in [0.717, 1.165) is 30.9 Å². The van der Waals surface area contributed by atoms with Crippen molar-refractivity contribution in [3.63, 3.8) is 0 Å². The first-order valence-electron chi connectivity index (χ1n) is 7.42. The number of benzene rings is 1. The fourth-order valence-corrected chi connectivity index (χ4v) is 2.36. The maximum Gasteiger partial charge on any atom is 0.160 e. The lowest BCUT2D eigenvalue weighted by Crippen LogP contribution is -2.43. The van der Waals surface area contributed by atoms with Crippen LogP contribution in [0.3, 0.4) is 0 Å². The van der Waals surface area contributed by atoms with Gasteiger partial charge in [-0.1, -0.05) is 33.8 Å². The summed E-state index contributed by atoms with van der Waals surface area (Å²) >= 11 is 0. The first-order chi connectivity index (χ1) is 9.48. The Morgan fingerprint density at radius 1 is 1.10 bits per heavy atom. The number of methoxy groups -OCH3 is 2. The van der Waals surface area contributed by atoms with Gasteiger partial charge in [0.05, 0.1) is 14.2 Å². The molecule has 0 saturated heterocycles. The van der Waals surface area contributed by atoms with Crippen LogP contribution in [0.25, 0.3) is 0 Å². The molecule has 0 spiro atoms. The molecule has 1 rings (SSSR count). The van der Waals surface area contributed by atoms with Crippen molar-refractivity contribution in [2.45, 2.75) is 46.6 Å². The summed E-state index contributed by atoms with van der Waals surface area (Å²) in [6.07, 6.45) is 2.15. The monoisotopic (exact) mass is 279 g/mol. The average molecular weight is 279 g/mol. The van der Waals surface area contributed by atoms with Crippen LogP contribution in [-0.2, 0) is 6.42 Å². The number of hydrogen-bond acceptors (Lipinski definition) is 3. The van der Waals surface area contributed by atoms with Gasteiger partial charge in [0.1, 0.15) is 0 Å². The molecule has 1 aromatic carbocycles. The molecule has 0 amide bonds. The van der Waals surface area contributed by atoms with E-state index >= 15 is 0 Å². The standard InChI is InChI=1S/C17H29NO2/c1-7-17(3,4)16(18-8-2)12-13-9-10-14(19-5)15(11-13)20-6/h9-11,16,18H,7-8,12H2,1-6H3. The molecule has 0 radical (unpaired) electrons. The quantitative estimate of drug-likeness (QED) is 0.787. The van der Waals surface area contributed by atoms with Crippen molar-refractivity contribution in [1.82, 2.24) is 5.32 Å². The van der Waals surface area contributed by atoms with Gasteiger partial charge in [-0.15, -0.1) is 0 Å². The van der Waals surface area contributed by atoms with Crippen molar-refractivity contribution in [3.8, 4) is 11.5 Å². The van der Waals surface area contributed by atoms with Gasteiger partial charge in [0.25, 0.3) is 0 Å². The topological polar surface area (TPSA) is 30.5 Å². The predicted octanol–water partition coefficient (Wildman–Crippen LogP) is 3.66. The van der Waals surface area contributed by atoms with Crippen molar-refractivity contribution in [3.05, 3.63) is 23.8 Å². The summed E-state index contributed by atoms with van der Waals surface area (Å²) in [5, 5.41) is 3.62. The Labute approximate surface area is 123 Å². The molecule has 1 N–H and O–H groups in total. The molecule has 0 aliphatic rings. The Balaban J connectivity index is 2.94. The fourth-order valence-electron chi connectivity index (χ4n) is 2.36. The second-order valence-corrected chi connectivity index (χ2v) is 5.85. The van der Waals surface area contributed by atoms with E-state index in [1.807, 2.05) is 6.07 Å². The van der Waals surface area contributed by atoms with E-state index in [-0.39, 0.29) is 5.41 Å². The third kappa shape index (κ3) is 4.14. The van der Waals surface area contributed by atoms with Crippen LogP contribution >= 0.6 is 0 Å². The molecule has 0 aliphatic heterocycles. The third-order valence-electron chi connectivity index (χ3n) is 4.19. The first kappa shape index (κ1) is 16.8. The van der Waals surface area contributed by atoms with Gasteiger partial charge >= 0.3 is 0 Å². The first-order valence-corrected chi connectivity index (χ1v) is 7.42. The van der Waals surface area contributed by atoms with E-state index in [0.29, 0.717) is 6.04 Å². The van der Waals surface area contributed by atoms with Crippen LogP contribution in [-0.4, -0.2) is 26.8 Å². The molecule has 0 aromatic heterocycles. The molecule has 3 heteroatoms. The van der Waals surface area contributed by atoms with E-state index in [4.69, 9.17) is 9.47 Å². The zero-order valence-electron chi connectivity index (χ0n) is 13.7. The fraction of sp³-hybridized carbons (Fsp3) is 0.647. The van der Waals surface area contributed by atoms with Crippen LogP contribution in [0.15, 0.2) is 18.2 Å². The van der Waals surface area contributed by atoms with E-state index in [2.05, 4.69) is 45.1 Å². The summed E-state index contributed by atoms with van der Waals surface area (Å²) in [5.41, 5.74) is 1.54. The van der Waals surface area contributed by atoms with Gasteiger partial charge in [0, 0.05) is 6.04 Å². The molecule has 114 valence electrons. The van der Waals surface area contributed by atoms with Crippen LogP contribution in [0.1, 0.15) is 39.7 Å². The van der Waals surface area contributed by atoms with E-state index in [1.165, 1.54) is 5.56 Å². The normalized spacial score (nSPS) is 13.1. The molecule has 0 fully saturated rings. The molecular weight excluding hydrogens is 250 g/mol. The molecule has 0 heterocycles. The molecule has 0 aliphatic carbocycles. The van der Waals surface area contributed by atoms with Crippen molar-refractivity contribution < 1.29 is 9.47 Å². The number of rotatable bonds is 8. The second-order valence-electron chi connectivity index (χ2n) is 5.85. The van der Waals surface area contributed by atoms with Gasteiger partial charge < -0.3 is 14.8 Å². The van der Waals surface area contributed by atoms with E-state index in [1.54, 1.807) is 14.2 Å². The molecule has 20 heavy (non-hydrogen) atoms. The largest absolute Gasteiger partial charge is 0.493 e. The maximum atomic E-state index is 5.38. The van der Waals surface area contributed by atoms with Crippen LogP contribution in [0, 0.1) is 5.41 Å². The maximum absolute atomic E-state index is 5.38. The van der Waals surface area contributed by atoms with Crippen LogP contribution in [0.4, 0.5) is 0 Å². The minimum atomic E-state index is 0.267. The highest BCUT2D eigenvalue weighted by molar-refractivity contribution is 5.43. The lowest BCUT2D eigenvalue weighted by molar-refractivity contribution is 0.232. The summed E-state index contributed by atoms with van der Waals surface area (Å²) in [5.74, 6) is 1.58. The molecule has 1 aromatic rings. The smallest absolute Gasteiger partial charge is 0.160 e. The number of nitrogens with one attached hydrogen (secondary N) is 1. The number of ether oxygens (including phenoxy) is 2. The Bertz CT molecular complexity index is 415. The summed E-state index contributed by atoms with van der Waals surface area (Å²) in [7, 11) is 3.35. The minimum absolute atomic E-state index is 0.267. The molecule has 3 nitrogen and oxygen atoms in total. The molecular formula is C17H29NO2. The van der Waals surface area contributed by atoms with Gasteiger partial charge in [0.2, 0.25) is 0 Å². The van der Waals surface area contributed by atoms with Gasteiger partial charge in [-0.2, -0.15) is 0 Å². The highest BCUT2D eigenvalue weighted by Crippen LogP contribution is 2.31. The highest BCUT2D eigenvalue weighted by Gasteiger charge is 2.27. The minimum Gasteiger partial charge on any atom is -0.493 e. The molecule has 0 bridgehead atoms. The summed E-state index contributed by atoms with van der Waals surface area (Å²) in [6.45, 7) is 10.0. The molecule has 1 unspecified atom stereocenters. The summed E-state index contributed by atoms with van der Waals surface area (Å²) in [6, 6.07) is 6.64. The van der Waals surface area contributed by atoms with Crippen molar-refractivity contribution >= 4 is 0 Å². The van der Waals surface area contributed by atoms with Gasteiger partial charge in [-0.3, -0.25) is 0 Å². The van der Waals surface area contributed by atoms with Crippen molar-refractivity contribution in [1.29, 1.82) is 0 Å². The molecule has 0 saturated carbocycles. The van der Waals surface area contributed by atoms with Gasteiger partial charge in [-0.05, 0) is 42.5 Å². The third-order valence-corrected chi connectivity index (χ3v) is 4.19. The van der Waals surface area contributed by atoms with Crippen LogP contribution < -0.4 is 14.8 Å². The average Bonchev–Trinajstić information content (AvgIpc) is 2.46. The van der Waals surface area contributed by atoms with Crippen LogP contribution in [0.5, 0.6) is 11.5 Å². The van der Waals surface area contributed by atoms with Gasteiger partial charge in [-0.25, -0.2) is 0 Å². The lowest BCUT2D eigenvalue weighted by atomic mass is 9.79. The predicted molar refractivity (Wildman–Crippen MR) is 84.8 cm³/mol. The Hall–Kier alpha value is -1.22. The summed E-state index contributed by atoms with van der Waals surface area (Å²) < 4.78 is 10.7. The van der Waals surface area contributed by atoms with Gasteiger partial charge in [0.15, 0.2) is 11.5 Å². The summed E-state index contributed by atoms with van der Waals surface area (Å²) in [4.78, 5) is 0. The number of hydrogen-bond donors (Lipinski definition) is 1. The van der Waals surface area contributed by atoms with Crippen LogP contribution in [0.2, 0.25) is 0 Å². The number of likely N-dealkylation sites (N-methyl/N-ethyl adjacent to an activating group) is 1. The lowest BCUT2D eigenvalue weighted by Gasteiger charge is -2.34. The second kappa shape index (κ2) is 7.53. The van der Waals surface area contributed by atoms with E-state index in [9.17, 15) is 0 Å². The van der Waals surface area contributed by atoms with Crippen molar-refractivity contribution in [2.24, 2.45) is 5.41 Å². The highest BCUT2D eigenvalue weighted by atomic mass is 16.5. The Morgan fingerprint density at radius 3 is 2.25 bits per heavy atom. The molecule has 1 atom stereocenters. The zero-order valence-corrected chi connectivity index (χ0v) is 13.7.